The summed E-state index contributed by atoms with van der Waals surface area (Å²) in [5, 5.41) is 0. The Kier molecular flexibility index (Phi) is 8.20. The Balaban J connectivity index is 3.09. The second kappa shape index (κ2) is 9.26. The van der Waals surface area contributed by atoms with Crippen LogP contribution in [0.15, 0.2) is 0 Å². The molecule has 0 aromatic heterocycles. The van der Waals surface area contributed by atoms with Crippen LogP contribution in [-0.2, 0) is 32.7 Å². The van der Waals surface area contributed by atoms with E-state index in [0.29, 0.717) is 12.7 Å². The van der Waals surface area contributed by atoms with Crippen LogP contribution >= 0.6 is 7.60 Å². The van der Waals surface area contributed by atoms with Gasteiger partial charge in [-0.25, -0.2) is 4.79 Å². The molecule has 0 saturated carbocycles. The van der Waals surface area contributed by atoms with Gasteiger partial charge in [0.1, 0.15) is 6.29 Å². The number of amides is 1. The van der Waals surface area contributed by atoms with Crippen molar-refractivity contribution in [2.45, 2.75) is 57.3 Å². The third kappa shape index (κ3) is 5.03. The van der Waals surface area contributed by atoms with Crippen molar-refractivity contribution >= 4 is 33.8 Å². The summed E-state index contributed by atoms with van der Waals surface area (Å²) in [5.74, 6) is -3.06. The highest BCUT2D eigenvalue weighted by Gasteiger charge is 2.58. The molecule has 1 aliphatic heterocycles. The number of nitrogens with zero attached hydrogens (tertiary/aromatic N) is 1. The minimum Gasteiger partial charge on any atom is -0.464 e. The fourth-order valence-electron chi connectivity index (χ4n) is 2.96. The van der Waals surface area contributed by atoms with E-state index in [1.54, 1.807) is 0 Å². The Morgan fingerprint density at radius 3 is 2.31 bits per heavy atom. The van der Waals surface area contributed by atoms with Gasteiger partial charge in [0, 0.05) is 28.7 Å². The van der Waals surface area contributed by atoms with Crippen molar-refractivity contribution < 1.29 is 32.7 Å². The second-order valence-corrected chi connectivity index (χ2v) is 15.4. The monoisotopic (exact) mass is 407 g/mol. The quantitative estimate of drug-likeness (QED) is 0.171. The van der Waals surface area contributed by atoms with Crippen LogP contribution in [0, 0.1) is 5.92 Å². The molecule has 0 bridgehead atoms. The van der Waals surface area contributed by atoms with Crippen LogP contribution in [0.3, 0.4) is 0 Å². The van der Waals surface area contributed by atoms with Crippen LogP contribution in [0.4, 0.5) is 0 Å². The maximum Gasteiger partial charge on any atom is 0.364 e. The van der Waals surface area contributed by atoms with Gasteiger partial charge in [0.05, 0.1) is 18.6 Å². The average Bonchev–Trinajstić information content (AvgIpc) is 2.57. The van der Waals surface area contributed by atoms with Crippen LogP contribution in [-0.4, -0.2) is 63.8 Å². The van der Waals surface area contributed by atoms with Crippen molar-refractivity contribution in [2.24, 2.45) is 5.92 Å². The highest BCUT2D eigenvalue weighted by atomic mass is 31.2. The van der Waals surface area contributed by atoms with Gasteiger partial charge in [-0.15, -0.1) is 0 Å². The lowest BCUT2D eigenvalue weighted by Crippen LogP contribution is -2.66. The highest BCUT2D eigenvalue weighted by Crippen LogP contribution is 2.56. The summed E-state index contributed by atoms with van der Waals surface area (Å²) >= 11 is 0. The Bertz CT molecular complexity index is 569. The zero-order chi connectivity index (χ0) is 20.1. The van der Waals surface area contributed by atoms with Crippen LogP contribution < -0.4 is 0 Å². The molecule has 1 amide bonds. The molecule has 8 nitrogen and oxygen atoms in total. The molecule has 0 N–H and O–H groups in total. The van der Waals surface area contributed by atoms with E-state index in [-0.39, 0.29) is 24.9 Å². The summed E-state index contributed by atoms with van der Waals surface area (Å²) in [5.41, 5.74) is 0. The summed E-state index contributed by atoms with van der Waals surface area (Å²) in [7, 11) is -3.08. The molecule has 0 aromatic rings. The van der Waals surface area contributed by atoms with Crippen molar-refractivity contribution in [3.05, 3.63) is 0 Å². The molecule has 1 rings (SSSR count). The van der Waals surface area contributed by atoms with Gasteiger partial charge in [0.15, 0.2) is 0 Å². The third-order valence-corrected chi connectivity index (χ3v) is 8.33. The first-order valence-corrected chi connectivity index (χ1v) is 14.0. The number of likely N-dealkylation sites (tertiary alicyclic amines) is 1. The molecule has 3 atom stereocenters. The molecular formula is C16H30NO7PSi. The maximum atomic E-state index is 13.0. The Morgan fingerprint density at radius 2 is 1.88 bits per heavy atom. The first-order chi connectivity index (χ1) is 12.1. The number of aldehydes is 1. The van der Waals surface area contributed by atoms with Crippen LogP contribution in [0.1, 0.15) is 19.8 Å². The van der Waals surface area contributed by atoms with Crippen molar-refractivity contribution in [1.82, 2.24) is 4.90 Å². The van der Waals surface area contributed by atoms with Gasteiger partial charge in [-0.2, -0.15) is 0 Å². The molecule has 26 heavy (non-hydrogen) atoms. The van der Waals surface area contributed by atoms with Gasteiger partial charge in [-0.05, 0) is 12.5 Å². The molecule has 1 heterocycles. The zero-order valence-electron chi connectivity index (χ0n) is 16.4. The normalized spacial score (nSPS) is 21.9. The fourth-order valence-corrected chi connectivity index (χ4v) is 5.14. The molecule has 3 unspecified atom stereocenters. The number of carbonyl (C=O) groups is 3. The predicted octanol–water partition coefficient (Wildman–Crippen LogP) is 2.51. The molecule has 0 radical (unpaired) electrons. The number of carbonyl (C=O) groups excluding carboxylic acids is 3. The van der Waals surface area contributed by atoms with Gasteiger partial charge in [0.2, 0.25) is 11.7 Å². The van der Waals surface area contributed by atoms with Crippen LogP contribution in [0.5, 0.6) is 0 Å². The van der Waals surface area contributed by atoms with Crippen molar-refractivity contribution in [2.75, 3.05) is 20.8 Å². The minimum absolute atomic E-state index is 0.0519. The number of rotatable bonds is 11. The Hall–Kier alpha value is -1.02. The largest absolute Gasteiger partial charge is 0.464 e. The predicted molar refractivity (Wildman–Crippen MR) is 99.6 cm³/mol. The van der Waals surface area contributed by atoms with Gasteiger partial charge in [0.25, 0.3) is 0 Å². The van der Waals surface area contributed by atoms with Crippen LogP contribution in [0.2, 0.25) is 25.7 Å². The summed E-state index contributed by atoms with van der Waals surface area (Å²) < 4.78 is 28.2. The number of esters is 1. The Morgan fingerprint density at radius 1 is 1.31 bits per heavy atom. The average molecular weight is 407 g/mol. The molecular weight excluding hydrogens is 377 g/mol. The van der Waals surface area contributed by atoms with E-state index in [0.717, 1.165) is 25.2 Å². The number of hydrogen-bond donors (Lipinski definition) is 0. The molecule has 150 valence electrons. The van der Waals surface area contributed by atoms with E-state index in [4.69, 9.17) is 13.8 Å². The molecule has 0 aromatic carbocycles. The summed E-state index contributed by atoms with van der Waals surface area (Å²) in [6, 6.07) is 0.220. The molecule has 1 fully saturated rings. The lowest BCUT2D eigenvalue weighted by atomic mass is 9.83. The highest BCUT2D eigenvalue weighted by molar-refractivity contribution is 7.55. The molecule has 1 aliphatic rings. The standard InChI is InChI=1S/C16H30NO7PSi/c1-7-12-13(8-9-18)17(14(12)19)15(25(21,22-2)23-3)16(20)24-10-11-26(4,5)6/h9,12-13,15H,7-8,10-11H2,1-6H3. The molecule has 1 saturated heterocycles. The summed E-state index contributed by atoms with van der Waals surface area (Å²) in [4.78, 5) is 37.4. The minimum atomic E-state index is -3.96. The first-order valence-electron chi connectivity index (χ1n) is 8.70. The number of hydrogen-bond acceptors (Lipinski definition) is 7. The van der Waals surface area contributed by atoms with Gasteiger partial charge in [-0.3, -0.25) is 9.36 Å². The second-order valence-electron chi connectivity index (χ2n) is 7.49. The lowest BCUT2D eigenvalue weighted by molar-refractivity contribution is -0.169. The van der Waals surface area contributed by atoms with E-state index in [1.165, 1.54) is 0 Å². The first kappa shape index (κ1) is 23.0. The van der Waals surface area contributed by atoms with E-state index in [9.17, 15) is 18.9 Å². The smallest absolute Gasteiger partial charge is 0.364 e. The van der Waals surface area contributed by atoms with Crippen LogP contribution in [0.25, 0.3) is 0 Å². The van der Waals surface area contributed by atoms with Crippen molar-refractivity contribution in [1.29, 1.82) is 0 Å². The van der Waals surface area contributed by atoms with E-state index in [2.05, 4.69) is 19.6 Å². The van der Waals surface area contributed by atoms with Gasteiger partial charge >= 0.3 is 13.6 Å². The maximum absolute atomic E-state index is 13.0. The zero-order valence-corrected chi connectivity index (χ0v) is 18.3. The van der Waals surface area contributed by atoms with Crippen molar-refractivity contribution in [3.63, 3.8) is 0 Å². The number of β-lactam (4-membered cyclic amide) rings is 1. The topological polar surface area (TPSA) is 99.2 Å². The van der Waals surface area contributed by atoms with E-state index in [1.807, 2.05) is 6.92 Å². The third-order valence-electron chi connectivity index (χ3n) is 4.55. The summed E-state index contributed by atoms with van der Waals surface area (Å²) in [6.07, 6.45) is 1.26. The fraction of sp³-hybridized carbons (Fsp3) is 0.812. The molecule has 0 aliphatic carbocycles. The molecule has 0 spiro atoms. The van der Waals surface area contributed by atoms with E-state index >= 15 is 0 Å². The van der Waals surface area contributed by atoms with Crippen molar-refractivity contribution in [3.8, 4) is 0 Å². The van der Waals surface area contributed by atoms with Gasteiger partial charge in [-0.1, -0.05) is 26.6 Å². The lowest BCUT2D eigenvalue weighted by Gasteiger charge is -2.49. The number of ether oxygens (including phenoxy) is 1. The Labute approximate surface area is 156 Å². The summed E-state index contributed by atoms with van der Waals surface area (Å²) in [6.45, 7) is 8.41. The van der Waals surface area contributed by atoms with Gasteiger partial charge < -0.3 is 23.5 Å². The SMILES string of the molecule is CCC1C(=O)N(C(C(=O)OCC[Si](C)(C)C)P(=O)(OC)OC)C1CC=O. The van der Waals surface area contributed by atoms with E-state index < -0.39 is 33.5 Å². The molecule has 10 heteroatoms.